The van der Waals surface area contributed by atoms with Crippen LogP contribution in [0.1, 0.15) is 18.7 Å². The number of hydrogen-bond donors (Lipinski definition) is 2. The van der Waals surface area contributed by atoms with Gasteiger partial charge in [-0.1, -0.05) is 18.2 Å². The number of methoxy groups -OCH3 is 1. The van der Waals surface area contributed by atoms with Crippen LogP contribution in [0.4, 0.5) is 5.82 Å². The molecule has 108 valence electrons. The number of ether oxygens (including phenoxy) is 1. The van der Waals surface area contributed by atoms with Crippen LogP contribution < -0.4 is 5.73 Å². The molecule has 6 nitrogen and oxygen atoms in total. The van der Waals surface area contributed by atoms with Crippen molar-refractivity contribution in [3.63, 3.8) is 0 Å². The molecule has 0 atom stereocenters. The summed E-state index contributed by atoms with van der Waals surface area (Å²) in [5.41, 5.74) is 8.38. The molecule has 3 N–H and O–H groups in total. The van der Waals surface area contributed by atoms with Gasteiger partial charge in [-0.05, 0) is 12.5 Å². The summed E-state index contributed by atoms with van der Waals surface area (Å²) in [4.78, 5) is 23.3. The number of H-pyrrole nitrogens is 1. The Kier molecular flexibility index (Phi) is 3.43. The van der Waals surface area contributed by atoms with Crippen molar-refractivity contribution >= 4 is 33.7 Å². The van der Waals surface area contributed by atoms with Gasteiger partial charge >= 0.3 is 5.97 Å². The number of rotatable bonds is 4. The van der Waals surface area contributed by atoms with Crippen molar-refractivity contribution in [3.05, 3.63) is 30.1 Å². The number of nitrogen functional groups attached to an aromatic ring is 1. The van der Waals surface area contributed by atoms with Crippen LogP contribution in [-0.2, 0) is 16.0 Å². The summed E-state index contributed by atoms with van der Waals surface area (Å²) in [5.74, 6) is 1.01. The van der Waals surface area contributed by atoms with Crippen molar-refractivity contribution in [2.45, 2.75) is 19.3 Å². The van der Waals surface area contributed by atoms with Crippen molar-refractivity contribution in [2.24, 2.45) is 0 Å². The van der Waals surface area contributed by atoms with E-state index in [4.69, 9.17) is 5.73 Å². The van der Waals surface area contributed by atoms with Crippen LogP contribution in [0.25, 0.3) is 21.9 Å². The molecule has 2 heterocycles. The number of hydrogen-bond acceptors (Lipinski definition) is 5. The molecule has 0 saturated heterocycles. The first kappa shape index (κ1) is 13.4. The molecule has 0 amide bonds. The fraction of sp³-hybridized carbons (Fsp3) is 0.267. The van der Waals surface area contributed by atoms with E-state index >= 15 is 0 Å². The normalized spacial score (nSPS) is 11.1. The number of imidazole rings is 1. The van der Waals surface area contributed by atoms with Gasteiger partial charge in [0.25, 0.3) is 0 Å². The van der Waals surface area contributed by atoms with Gasteiger partial charge in [-0.2, -0.15) is 0 Å². The molecule has 0 aliphatic rings. The van der Waals surface area contributed by atoms with E-state index in [9.17, 15) is 4.79 Å². The fourth-order valence-corrected chi connectivity index (χ4v) is 2.39. The Labute approximate surface area is 121 Å². The average molecular weight is 284 g/mol. The zero-order valence-electron chi connectivity index (χ0n) is 11.7. The molecule has 3 rings (SSSR count). The third-order valence-electron chi connectivity index (χ3n) is 3.43. The quantitative estimate of drug-likeness (QED) is 0.716. The maximum Gasteiger partial charge on any atom is 0.305 e. The highest BCUT2D eigenvalue weighted by molar-refractivity contribution is 6.06. The number of nitrogens with two attached hydrogens (primary N) is 1. The molecular formula is C15H16N4O2. The molecule has 0 bridgehead atoms. The molecule has 2 aromatic heterocycles. The monoisotopic (exact) mass is 284 g/mol. The van der Waals surface area contributed by atoms with Gasteiger partial charge in [0.1, 0.15) is 11.3 Å². The summed E-state index contributed by atoms with van der Waals surface area (Å²) < 4.78 is 4.62. The van der Waals surface area contributed by atoms with Gasteiger partial charge in [0, 0.05) is 18.2 Å². The Hall–Kier alpha value is -2.63. The van der Waals surface area contributed by atoms with Crippen LogP contribution in [0.15, 0.2) is 24.3 Å². The predicted molar refractivity (Wildman–Crippen MR) is 80.8 cm³/mol. The van der Waals surface area contributed by atoms with Crippen molar-refractivity contribution in [1.29, 1.82) is 0 Å². The lowest BCUT2D eigenvalue weighted by Gasteiger charge is -2.00. The summed E-state index contributed by atoms with van der Waals surface area (Å²) >= 11 is 0. The summed E-state index contributed by atoms with van der Waals surface area (Å²) in [6, 6.07) is 7.79. The molecular weight excluding hydrogens is 268 g/mol. The Morgan fingerprint density at radius 2 is 2.14 bits per heavy atom. The summed E-state index contributed by atoms with van der Waals surface area (Å²) in [6.07, 6.45) is 1.72. The number of fused-ring (bicyclic) bond motifs is 3. The smallest absolute Gasteiger partial charge is 0.305 e. The lowest BCUT2D eigenvalue weighted by Crippen LogP contribution is -2.01. The first-order valence-electron chi connectivity index (χ1n) is 6.78. The summed E-state index contributed by atoms with van der Waals surface area (Å²) in [6.45, 7) is 0. The first-order valence-corrected chi connectivity index (χ1v) is 6.78. The maximum absolute atomic E-state index is 11.1. The highest BCUT2D eigenvalue weighted by Gasteiger charge is 2.11. The van der Waals surface area contributed by atoms with E-state index < -0.39 is 0 Å². The van der Waals surface area contributed by atoms with Crippen LogP contribution in [0, 0.1) is 0 Å². The van der Waals surface area contributed by atoms with Gasteiger partial charge in [0.2, 0.25) is 0 Å². The lowest BCUT2D eigenvalue weighted by atomic mass is 10.2. The van der Waals surface area contributed by atoms with E-state index in [0.29, 0.717) is 30.6 Å². The minimum Gasteiger partial charge on any atom is -0.469 e. The van der Waals surface area contributed by atoms with E-state index in [1.807, 2.05) is 24.3 Å². The molecule has 0 saturated carbocycles. The zero-order chi connectivity index (χ0) is 14.8. The van der Waals surface area contributed by atoms with Crippen LogP contribution in [-0.4, -0.2) is 28.0 Å². The Morgan fingerprint density at radius 1 is 1.33 bits per heavy atom. The fourth-order valence-electron chi connectivity index (χ4n) is 2.39. The number of nitrogens with one attached hydrogen (secondary N) is 1. The zero-order valence-corrected chi connectivity index (χ0v) is 11.7. The maximum atomic E-state index is 11.1. The number of aromatic nitrogens is 3. The minimum absolute atomic E-state index is 0.210. The van der Waals surface area contributed by atoms with Gasteiger partial charge in [-0.25, -0.2) is 9.97 Å². The van der Waals surface area contributed by atoms with Crippen molar-refractivity contribution in [2.75, 3.05) is 12.8 Å². The van der Waals surface area contributed by atoms with Crippen LogP contribution in [0.2, 0.25) is 0 Å². The third-order valence-corrected chi connectivity index (χ3v) is 3.43. The second-order valence-corrected chi connectivity index (χ2v) is 4.85. The summed E-state index contributed by atoms with van der Waals surface area (Å²) in [5, 5.41) is 0.994. The van der Waals surface area contributed by atoms with Crippen molar-refractivity contribution in [1.82, 2.24) is 15.0 Å². The van der Waals surface area contributed by atoms with Crippen LogP contribution in [0.3, 0.4) is 0 Å². The predicted octanol–water partition coefficient (Wildman–Crippen LogP) is 2.19. The number of esters is 1. The Bertz CT molecular complexity index is 810. The number of nitrogens with zero attached hydrogens (tertiary/aromatic N) is 2. The number of pyridine rings is 1. The van der Waals surface area contributed by atoms with E-state index in [-0.39, 0.29) is 5.97 Å². The van der Waals surface area contributed by atoms with Crippen LogP contribution >= 0.6 is 0 Å². The molecule has 6 heteroatoms. The summed E-state index contributed by atoms with van der Waals surface area (Å²) in [7, 11) is 1.39. The third kappa shape index (κ3) is 2.52. The number of anilines is 1. The Balaban J connectivity index is 1.94. The molecule has 1 aromatic carbocycles. The number of benzene rings is 1. The van der Waals surface area contributed by atoms with E-state index in [1.165, 1.54) is 7.11 Å². The number of aryl methyl sites for hydroxylation is 1. The molecule has 0 radical (unpaired) electrons. The number of carbonyl (C=O) groups excluding carboxylic acids is 1. The second kappa shape index (κ2) is 5.40. The molecule has 0 aliphatic heterocycles. The lowest BCUT2D eigenvalue weighted by molar-refractivity contribution is -0.140. The topological polar surface area (TPSA) is 93.9 Å². The minimum atomic E-state index is -0.210. The highest BCUT2D eigenvalue weighted by Crippen LogP contribution is 2.26. The number of carbonyl (C=O) groups is 1. The number of aromatic amines is 1. The standard InChI is InChI=1S/C15H16N4O2/c1-21-12(20)8-4-7-11-18-13-9-5-2-3-6-10(9)17-15(16)14(13)19-11/h2-3,5-6H,4,7-8H2,1H3,(H2,16,17)(H,18,19). The Morgan fingerprint density at radius 3 is 2.95 bits per heavy atom. The SMILES string of the molecule is COC(=O)CCCc1nc2c(N)nc3ccccc3c2[nH]1. The van der Waals surface area contributed by atoms with Gasteiger partial charge in [-0.15, -0.1) is 0 Å². The van der Waals surface area contributed by atoms with Crippen LogP contribution in [0.5, 0.6) is 0 Å². The molecule has 0 unspecified atom stereocenters. The highest BCUT2D eigenvalue weighted by atomic mass is 16.5. The van der Waals surface area contributed by atoms with E-state index in [2.05, 4.69) is 19.7 Å². The van der Waals surface area contributed by atoms with Crippen molar-refractivity contribution < 1.29 is 9.53 Å². The van der Waals surface area contributed by atoms with Gasteiger partial charge in [0.05, 0.1) is 18.1 Å². The molecule has 0 spiro atoms. The number of para-hydroxylation sites is 1. The van der Waals surface area contributed by atoms with E-state index in [1.54, 1.807) is 0 Å². The van der Waals surface area contributed by atoms with Gasteiger partial charge in [0.15, 0.2) is 5.82 Å². The first-order chi connectivity index (χ1) is 10.2. The van der Waals surface area contributed by atoms with Gasteiger partial charge in [-0.3, -0.25) is 4.79 Å². The van der Waals surface area contributed by atoms with Crippen molar-refractivity contribution in [3.8, 4) is 0 Å². The largest absolute Gasteiger partial charge is 0.469 e. The molecule has 3 aromatic rings. The second-order valence-electron chi connectivity index (χ2n) is 4.85. The van der Waals surface area contributed by atoms with Gasteiger partial charge < -0.3 is 15.5 Å². The molecule has 0 fully saturated rings. The van der Waals surface area contributed by atoms with E-state index in [0.717, 1.165) is 22.2 Å². The molecule has 21 heavy (non-hydrogen) atoms. The average Bonchev–Trinajstić information content (AvgIpc) is 2.92. The molecule has 0 aliphatic carbocycles.